The minimum Gasteiger partial charge on any atom is -0.481 e. The van der Waals surface area contributed by atoms with E-state index >= 15 is 0 Å². The Labute approximate surface area is 402 Å². The fourth-order valence-electron chi connectivity index (χ4n) is 9.41. The zero-order valence-electron chi connectivity index (χ0n) is 37.7. The van der Waals surface area contributed by atoms with Gasteiger partial charge >= 0.3 is 0 Å². The Morgan fingerprint density at radius 1 is 0.324 bits per heavy atom. The van der Waals surface area contributed by atoms with Gasteiger partial charge < -0.3 is 153 Å². The zero-order valence-corrected chi connectivity index (χ0v) is 37.7. The second-order valence-electron chi connectivity index (χ2n) is 17.9. The smallest absolute Gasteiger partial charge is 0.272 e. The van der Waals surface area contributed by atoms with E-state index in [2.05, 4.69) is 0 Å². The Bertz CT molecular complexity index is 1670. The van der Waals surface area contributed by atoms with Gasteiger partial charge in [-0.15, -0.1) is 0 Å². The number of aliphatic hydroxyl groups excluding tert-OH is 18. The number of ether oxygens (including phenoxy) is 13. The third-order valence-corrected chi connectivity index (χ3v) is 13.3. The van der Waals surface area contributed by atoms with Crippen LogP contribution in [-0.2, 0) is 61.6 Å². The van der Waals surface area contributed by atoms with E-state index < -0.39 is 230 Å². The van der Waals surface area contributed by atoms with Crippen LogP contribution in [0.25, 0.3) is 0 Å². The number of allylic oxidation sites excluding steroid dienone is 1. The molecule has 412 valence electrons. The summed E-state index contributed by atoms with van der Waals surface area (Å²) in [6.45, 7) is -4.46. The summed E-state index contributed by atoms with van der Waals surface area (Å²) >= 11 is 0. The van der Waals surface area contributed by atoms with Crippen molar-refractivity contribution in [3.05, 3.63) is 12.0 Å². The van der Waals surface area contributed by atoms with Gasteiger partial charge in [0.1, 0.15) is 140 Å². The summed E-state index contributed by atoms with van der Waals surface area (Å²) in [6.07, 6.45) is -57.4. The summed E-state index contributed by atoms with van der Waals surface area (Å²) in [4.78, 5) is 0. The third-order valence-electron chi connectivity index (χ3n) is 13.3. The van der Waals surface area contributed by atoms with E-state index in [0.29, 0.717) is 0 Å². The first-order chi connectivity index (χ1) is 33.9. The third kappa shape index (κ3) is 11.5. The predicted molar refractivity (Wildman–Crippen MR) is 216 cm³/mol. The van der Waals surface area contributed by atoms with Crippen LogP contribution in [0.5, 0.6) is 0 Å². The molecule has 0 unspecified atom stereocenters. The molecule has 22 saturated heterocycles. The molecule has 0 aromatic rings. The molecule has 71 heavy (non-hydrogen) atoms. The molecule has 0 aromatic heterocycles. The molecular formula is C40H66O31. The van der Waals surface area contributed by atoms with E-state index in [4.69, 9.17) is 61.6 Å². The summed E-state index contributed by atoms with van der Waals surface area (Å²) in [7, 11) is 0. The summed E-state index contributed by atoms with van der Waals surface area (Å²) < 4.78 is 74.6. The van der Waals surface area contributed by atoms with Gasteiger partial charge in [0.15, 0.2) is 43.8 Å². The molecular weight excluding hydrogens is 976 g/mol. The average molecular weight is 1040 g/mol. The SMILES string of the molecule is CC/C=C(\O)O[C@@H]1[C@@H](O)[C@H]2O[C@H]3[C@H](O)[C@@H](O)[C@@H](O[C@H]4[C@H](O)[C@@H](O)[C@@H](O[C@H]5[C@H](O)[C@@H](O)[C@@H](O[C@H]6[C@H](O)[C@@H](O)[C@@H](O[C@H]7[C@H](O)[C@@H](O)[C@@H](O[C@H]1[C@@H](CO)O2)O[C@@H]7CO)O[C@@H]6CO)O[C@@H]5CO)O[C@@H]4CO)O[C@@H]3CO. The van der Waals surface area contributed by atoms with Crippen molar-refractivity contribution in [1.82, 2.24) is 0 Å². The Kier molecular flexibility index (Phi) is 19.6. The van der Waals surface area contributed by atoms with Gasteiger partial charge in [-0.25, -0.2) is 0 Å². The van der Waals surface area contributed by atoms with Crippen molar-refractivity contribution in [2.45, 2.75) is 198 Å². The molecule has 0 aliphatic carbocycles. The highest BCUT2D eigenvalue weighted by atomic mass is 16.8. The van der Waals surface area contributed by atoms with E-state index in [9.17, 15) is 91.9 Å². The molecule has 30 atom stereocenters. The van der Waals surface area contributed by atoms with Crippen LogP contribution >= 0.6 is 0 Å². The molecule has 12 bridgehead atoms. The molecule has 0 amide bonds. The van der Waals surface area contributed by atoms with Crippen LogP contribution < -0.4 is 0 Å². The van der Waals surface area contributed by atoms with Crippen molar-refractivity contribution in [3.63, 3.8) is 0 Å². The Balaban J connectivity index is 1.23. The standard InChI is InChI=1S/C40H66O31/c1-2-3-16(47)65-34-27(58)40-64-15(9-46)33(34)71-39-26(57)21(52)31(13(7-44)63-39)69-37-24(55)19(50)29(11(5-42)61-37)67-35-22(53)17(48)28(10(4-41)59-35)66-36-23(54)18(49)30(12(6-43)60-36)68-38-25(56)20(51)32(70-40)14(8-45)62-38/h3,10-15,17-58H,2,4-9H2,1H3/b16-3+/t10-,11-,12-,13-,14-,15-,17-,18-,19-,20-,21-,22-,23-,24-,25-,26-,27-,28-,29-,30-,31-,32-,33+,34-,35-,36-,37-,38-,39-,40-/m1/s1. The van der Waals surface area contributed by atoms with Crippen LogP contribution in [0.2, 0.25) is 0 Å². The Morgan fingerprint density at radius 2 is 0.535 bits per heavy atom. The van der Waals surface area contributed by atoms with Gasteiger partial charge in [0.2, 0.25) is 0 Å². The molecule has 0 radical (unpaired) electrons. The molecule has 0 saturated carbocycles. The normalized spacial score (nSPS) is 52.5. The molecule has 22 aliphatic rings. The Morgan fingerprint density at radius 3 is 0.761 bits per heavy atom. The number of aliphatic hydroxyl groups is 18. The zero-order chi connectivity index (χ0) is 51.7. The number of hydrogen-bond donors (Lipinski definition) is 18. The van der Waals surface area contributed by atoms with Crippen molar-refractivity contribution < 1.29 is 153 Å². The van der Waals surface area contributed by atoms with Gasteiger partial charge in [-0.3, -0.25) is 0 Å². The van der Waals surface area contributed by atoms with Crippen molar-refractivity contribution in [2.75, 3.05) is 39.6 Å². The summed E-state index contributed by atoms with van der Waals surface area (Å²) in [5.41, 5.74) is 0. The molecule has 0 spiro atoms. The fourth-order valence-corrected chi connectivity index (χ4v) is 9.41. The first-order valence-corrected chi connectivity index (χ1v) is 22.9. The van der Waals surface area contributed by atoms with E-state index in [0.717, 1.165) is 6.08 Å². The minimum atomic E-state index is -2.18. The van der Waals surface area contributed by atoms with E-state index in [1.165, 1.54) is 0 Å². The van der Waals surface area contributed by atoms with Crippen molar-refractivity contribution in [1.29, 1.82) is 0 Å². The largest absolute Gasteiger partial charge is 0.481 e. The lowest BCUT2D eigenvalue weighted by Gasteiger charge is -2.51. The van der Waals surface area contributed by atoms with Crippen molar-refractivity contribution >= 4 is 0 Å². The second-order valence-corrected chi connectivity index (χ2v) is 17.9. The molecule has 31 heteroatoms. The van der Waals surface area contributed by atoms with Gasteiger partial charge in [-0.05, 0) is 12.5 Å². The van der Waals surface area contributed by atoms with Crippen molar-refractivity contribution in [2.24, 2.45) is 0 Å². The number of rotatable bonds is 9. The lowest BCUT2D eigenvalue weighted by atomic mass is 9.94. The highest BCUT2D eigenvalue weighted by Crippen LogP contribution is 2.38. The monoisotopic (exact) mass is 1040 g/mol. The van der Waals surface area contributed by atoms with Gasteiger partial charge in [0, 0.05) is 0 Å². The van der Waals surface area contributed by atoms with E-state index in [1.807, 2.05) is 0 Å². The predicted octanol–water partition coefficient (Wildman–Crippen LogP) is -11.2. The Hall–Kier alpha value is -1.82. The first-order valence-electron chi connectivity index (χ1n) is 22.9. The van der Waals surface area contributed by atoms with E-state index in [-0.39, 0.29) is 6.42 Å². The minimum absolute atomic E-state index is 0.175. The highest BCUT2D eigenvalue weighted by molar-refractivity contribution is 5.02. The van der Waals surface area contributed by atoms with Crippen LogP contribution in [0.15, 0.2) is 12.0 Å². The van der Waals surface area contributed by atoms with Crippen LogP contribution in [0.4, 0.5) is 0 Å². The maximum Gasteiger partial charge on any atom is 0.272 e. The lowest BCUT2D eigenvalue weighted by molar-refractivity contribution is -0.404. The molecule has 22 aliphatic heterocycles. The molecule has 22 heterocycles. The van der Waals surface area contributed by atoms with Crippen LogP contribution in [-0.4, -0.2) is 316 Å². The maximum atomic E-state index is 11.7. The molecule has 18 N–H and O–H groups in total. The molecule has 31 nitrogen and oxygen atoms in total. The highest BCUT2D eigenvalue weighted by Gasteiger charge is 2.59. The van der Waals surface area contributed by atoms with Gasteiger partial charge in [-0.1, -0.05) is 6.92 Å². The quantitative estimate of drug-likeness (QED) is 0.0954. The molecule has 22 rings (SSSR count). The lowest BCUT2D eigenvalue weighted by Crippen LogP contribution is -2.69. The maximum absolute atomic E-state index is 11.7. The topological polar surface area (TPSA) is 484 Å². The average Bonchev–Trinajstić information content (AvgIpc) is 3.36. The van der Waals surface area contributed by atoms with Gasteiger partial charge in [-0.2, -0.15) is 0 Å². The summed E-state index contributed by atoms with van der Waals surface area (Å²) in [5.74, 6) is -0.806. The molecule has 0 aromatic carbocycles. The van der Waals surface area contributed by atoms with Crippen LogP contribution in [0.1, 0.15) is 13.3 Å². The summed E-state index contributed by atoms with van der Waals surface area (Å²) in [6, 6.07) is 0. The number of hydrogen-bond acceptors (Lipinski definition) is 31. The van der Waals surface area contributed by atoms with Crippen LogP contribution in [0.3, 0.4) is 0 Å². The summed E-state index contributed by atoms with van der Waals surface area (Å²) in [5, 5.41) is 198. The van der Waals surface area contributed by atoms with Crippen LogP contribution in [0, 0.1) is 0 Å². The molecule has 22 fully saturated rings. The fraction of sp³-hybridized carbons (Fsp3) is 0.950. The first kappa shape index (κ1) is 56.9. The van der Waals surface area contributed by atoms with Gasteiger partial charge in [0.05, 0.1) is 39.6 Å². The van der Waals surface area contributed by atoms with Crippen molar-refractivity contribution in [3.8, 4) is 0 Å². The van der Waals surface area contributed by atoms with Gasteiger partial charge in [0.25, 0.3) is 5.95 Å². The second kappa shape index (κ2) is 24.5. The van der Waals surface area contributed by atoms with E-state index in [1.54, 1.807) is 6.92 Å².